The third kappa shape index (κ3) is 4.35. The molecule has 158 valence electrons. The molecule has 1 aliphatic heterocycles. The summed E-state index contributed by atoms with van der Waals surface area (Å²) >= 11 is 0. The molecule has 0 bridgehead atoms. The molecule has 31 heavy (non-hydrogen) atoms. The van der Waals surface area contributed by atoms with Gasteiger partial charge in [0.05, 0.1) is 24.6 Å². The van der Waals surface area contributed by atoms with Crippen LogP contribution >= 0.6 is 0 Å². The van der Waals surface area contributed by atoms with Gasteiger partial charge in [-0.15, -0.1) is 0 Å². The second-order valence-corrected chi connectivity index (χ2v) is 7.20. The number of hydrogen-bond acceptors (Lipinski definition) is 6. The molecule has 1 aromatic heterocycles. The number of ether oxygens (including phenoxy) is 2. The Morgan fingerprint density at radius 1 is 1.23 bits per heavy atom. The monoisotopic (exact) mass is 418 g/mol. The molecule has 1 amide bonds. The highest BCUT2D eigenvalue weighted by atomic mass is 16.5. The highest BCUT2D eigenvalue weighted by Crippen LogP contribution is 2.33. The minimum Gasteiger partial charge on any atom is -0.497 e. The number of rotatable bonds is 7. The SMILES string of the molecule is COc1ccc(OCC(=O)N2N=C(c3ccc(C)cc3)C[C@@H]2c2ccco2)c(C=O)c1. The maximum atomic E-state index is 13.0. The van der Waals surface area contributed by atoms with E-state index in [1.807, 2.05) is 37.3 Å². The summed E-state index contributed by atoms with van der Waals surface area (Å²) in [7, 11) is 1.51. The molecule has 0 fully saturated rings. The van der Waals surface area contributed by atoms with Crippen LogP contribution in [-0.2, 0) is 4.79 Å². The van der Waals surface area contributed by atoms with E-state index in [4.69, 9.17) is 13.9 Å². The minimum absolute atomic E-state index is 0.269. The van der Waals surface area contributed by atoms with E-state index in [0.717, 1.165) is 16.8 Å². The molecule has 2 heterocycles. The summed E-state index contributed by atoms with van der Waals surface area (Å²) in [5, 5.41) is 5.98. The predicted octanol–water partition coefficient (Wildman–Crippen LogP) is 4.17. The van der Waals surface area contributed by atoms with E-state index in [2.05, 4.69) is 5.10 Å². The van der Waals surface area contributed by atoms with Crippen LogP contribution in [0.1, 0.15) is 39.7 Å². The first-order valence-corrected chi connectivity index (χ1v) is 9.85. The number of furan rings is 1. The third-order valence-electron chi connectivity index (χ3n) is 5.12. The fraction of sp³-hybridized carbons (Fsp3) is 0.208. The minimum atomic E-state index is -0.358. The number of carbonyl (C=O) groups is 2. The number of hydrogen-bond donors (Lipinski definition) is 0. The first kappa shape index (κ1) is 20.4. The molecular formula is C24H22N2O5. The van der Waals surface area contributed by atoms with Crippen molar-refractivity contribution in [3.05, 3.63) is 83.3 Å². The third-order valence-corrected chi connectivity index (χ3v) is 5.12. The molecular weight excluding hydrogens is 396 g/mol. The summed E-state index contributed by atoms with van der Waals surface area (Å²) in [6, 6.07) is 16.1. The molecule has 0 radical (unpaired) electrons. The number of aldehydes is 1. The van der Waals surface area contributed by atoms with Crippen LogP contribution in [0.2, 0.25) is 0 Å². The van der Waals surface area contributed by atoms with Gasteiger partial charge in [0, 0.05) is 6.42 Å². The average molecular weight is 418 g/mol. The summed E-state index contributed by atoms with van der Waals surface area (Å²) < 4.78 is 16.3. The smallest absolute Gasteiger partial charge is 0.281 e. The standard InChI is InChI=1S/C24H22N2O5/c1-16-5-7-17(8-6-16)20-13-21(23-4-3-11-30-23)26(25-20)24(28)15-31-22-10-9-19(29-2)12-18(22)14-27/h3-12,14,21H,13,15H2,1-2H3/t21-/m1/s1. The van der Waals surface area contributed by atoms with Crippen LogP contribution in [0.15, 0.2) is 70.4 Å². The van der Waals surface area contributed by atoms with Gasteiger partial charge in [0.25, 0.3) is 5.91 Å². The Morgan fingerprint density at radius 3 is 2.71 bits per heavy atom. The van der Waals surface area contributed by atoms with Gasteiger partial charge in [-0.05, 0) is 42.8 Å². The van der Waals surface area contributed by atoms with Crippen molar-refractivity contribution >= 4 is 17.9 Å². The molecule has 1 atom stereocenters. The number of methoxy groups -OCH3 is 1. The Kier molecular flexibility index (Phi) is 5.84. The van der Waals surface area contributed by atoms with Crippen molar-refractivity contribution in [3.8, 4) is 11.5 Å². The summed E-state index contributed by atoms with van der Waals surface area (Å²) in [6.45, 7) is 1.75. The summed E-state index contributed by atoms with van der Waals surface area (Å²) in [5.41, 5.74) is 3.21. The fourth-order valence-corrected chi connectivity index (χ4v) is 3.45. The van der Waals surface area contributed by atoms with E-state index in [9.17, 15) is 9.59 Å². The number of aryl methyl sites for hydroxylation is 1. The number of carbonyl (C=O) groups excluding carboxylic acids is 2. The normalized spacial score (nSPS) is 15.5. The molecule has 0 unspecified atom stereocenters. The first-order chi connectivity index (χ1) is 15.1. The molecule has 7 heteroatoms. The summed E-state index contributed by atoms with van der Waals surface area (Å²) in [6.07, 6.45) is 2.77. The number of hydrazone groups is 1. The summed E-state index contributed by atoms with van der Waals surface area (Å²) in [4.78, 5) is 24.4. The lowest BCUT2D eigenvalue weighted by atomic mass is 10.0. The Hall–Kier alpha value is -3.87. The zero-order valence-corrected chi connectivity index (χ0v) is 17.3. The molecule has 0 saturated heterocycles. The van der Waals surface area contributed by atoms with Crippen molar-refractivity contribution < 1.29 is 23.5 Å². The fourth-order valence-electron chi connectivity index (χ4n) is 3.45. The lowest BCUT2D eigenvalue weighted by molar-refractivity contribution is -0.135. The second-order valence-electron chi connectivity index (χ2n) is 7.20. The molecule has 3 aromatic rings. The van der Waals surface area contributed by atoms with Gasteiger partial charge >= 0.3 is 0 Å². The van der Waals surface area contributed by atoms with Crippen LogP contribution < -0.4 is 9.47 Å². The van der Waals surface area contributed by atoms with Gasteiger partial charge in [0.2, 0.25) is 0 Å². The second kappa shape index (κ2) is 8.87. The van der Waals surface area contributed by atoms with Gasteiger partial charge in [-0.25, -0.2) is 5.01 Å². The Bertz CT molecular complexity index is 1100. The number of nitrogens with zero attached hydrogens (tertiary/aromatic N) is 2. The average Bonchev–Trinajstić information content (AvgIpc) is 3.48. The highest BCUT2D eigenvalue weighted by molar-refractivity contribution is 6.03. The van der Waals surface area contributed by atoms with Crippen molar-refractivity contribution in [2.45, 2.75) is 19.4 Å². The van der Waals surface area contributed by atoms with E-state index < -0.39 is 0 Å². The Morgan fingerprint density at radius 2 is 2.03 bits per heavy atom. The molecule has 7 nitrogen and oxygen atoms in total. The number of amides is 1. The zero-order valence-electron chi connectivity index (χ0n) is 17.3. The highest BCUT2D eigenvalue weighted by Gasteiger charge is 2.35. The van der Waals surface area contributed by atoms with Crippen molar-refractivity contribution in [2.24, 2.45) is 5.10 Å². The topological polar surface area (TPSA) is 81.3 Å². The lowest BCUT2D eigenvalue weighted by Gasteiger charge is -2.20. The molecule has 0 aliphatic carbocycles. The van der Waals surface area contributed by atoms with E-state index in [-0.39, 0.29) is 18.6 Å². The van der Waals surface area contributed by atoms with Gasteiger partial charge < -0.3 is 13.9 Å². The van der Waals surface area contributed by atoms with Crippen molar-refractivity contribution in [1.82, 2.24) is 5.01 Å². The van der Waals surface area contributed by atoms with Crippen molar-refractivity contribution in [3.63, 3.8) is 0 Å². The Balaban J connectivity index is 1.55. The zero-order chi connectivity index (χ0) is 21.8. The maximum Gasteiger partial charge on any atom is 0.281 e. The molecule has 0 spiro atoms. The molecule has 4 rings (SSSR count). The van der Waals surface area contributed by atoms with Crippen LogP contribution in [0.5, 0.6) is 11.5 Å². The number of benzene rings is 2. The van der Waals surface area contributed by atoms with Crippen LogP contribution in [0, 0.1) is 6.92 Å². The Labute approximate surface area is 179 Å². The van der Waals surface area contributed by atoms with Gasteiger partial charge in [0.1, 0.15) is 23.3 Å². The van der Waals surface area contributed by atoms with Crippen molar-refractivity contribution in [2.75, 3.05) is 13.7 Å². The van der Waals surface area contributed by atoms with Gasteiger partial charge in [-0.1, -0.05) is 29.8 Å². The maximum absolute atomic E-state index is 13.0. The van der Waals surface area contributed by atoms with Crippen LogP contribution in [0.3, 0.4) is 0 Å². The first-order valence-electron chi connectivity index (χ1n) is 9.85. The van der Waals surface area contributed by atoms with Crippen molar-refractivity contribution in [1.29, 1.82) is 0 Å². The van der Waals surface area contributed by atoms with Gasteiger partial charge in [-0.3, -0.25) is 9.59 Å². The molecule has 2 aromatic carbocycles. The lowest BCUT2D eigenvalue weighted by Crippen LogP contribution is -2.31. The van der Waals surface area contributed by atoms with E-state index >= 15 is 0 Å². The molecule has 1 aliphatic rings. The van der Waals surface area contributed by atoms with E-state index in [0.29, 0.717) is 35.5 Å². The van der Waals surface area contributed by atoms with Crippen LogP contribution in [0.4, 0.5) is 0 Å². The summed E-state index contributed by atoms with van der Waals surface area (Å²) in [5.74, 6) is 1.15. The largest absolute Gasteiger partial charge is 0.497 e. The van der Waals surface area contributed by atoms with Crippen LogP contribution in [0.25, 0.3) is 0 Å². The predicted molar refractivity (Wildman–Crippen MR) is 115 cm³/mol. The van der Waals surface area contributed by atoms with Crippen LogP contribution in [-0.4, -0.2) is 36.6 Å². The van der Waals surface area contributed by atoms with Gasteiger partial charge in [-0.2, -0.15) is 5.10 Å². The quantitative estimate of drug-likeness (QED) is 0.538. The van der Waals surface area contributed by atoms with E-state index in [1.54, 1.807) is 30.5 Å². The van der Waals surface area contributed by atoms with E-state index in [1.165, 1.54) is 12.1 Å². The van der Waals surface area contributed by atoms with Gasteiger partial charge in [0.15, 0.2) is 12.9 Å². The molecule has 0 N–H and O–H groups in total. The molecule has 0 saturated carbocycles.